The van der Waals surface area contributed by atoms with E-state index in [1.54, 1.807) is 170 Å². The summed E-state index contributed by atoms with van der Waals surface area (Å²) in [4.78, 5) is 113. The average molecular weight is 1020 g/mol. The standard InChI is InChI=1S/C69H44O9/c70-61(43-16-4-1-5-17-43)46-22-10-25-49(34-46)64(73)52-28-13-31-55(37-52)67(76)58-40-59(68(77)56-32-14-29-53(38-56)65(74)50-26-11-23-47(35-50)62(71)44-18-6-2-7-19-44)42-60(41-58)69(78)57-33-15-30-54(39-57)66(75)51-27-12-24-48(36-51)63(72)45-20-8-3-9-21-45/h1-42,61,70H. The number of hydrogen-bond donors (Lipinski definition) is 1. The van der Waals surface area contributed by atoms with Crippen LogP contribution >= 0.6 is 0 Å². The van der Waals surface area contributed by atoms with Crippen molar-refractivity contribution in [2.75, 3.05) is 0 Å². The predicted molar refractivity (Wildman–Crippen MR) is 296 cm³/mol. The van der Waals surface area contributed by atoms with Crippen LogP contribution in [-0.4, -0.2) is 51.4 Å². The van der Waals surface area contributed by atoms with Gasteiger partial charge in [0.1, 0.15) is 6.10 Å². The van der Waals surface area contributed by atoms with Gasteiger partial charge in [0, 0.05) is 89.0 Å². The number of benzene rings is 10. The summed E-state index contributed by atoms with van der Waals surface area (Å²) in [6.45, 7) is 0. The molecule has 10 aromatic rings. The molecule has 9 nitrogen and oxygen atoms in total. The second-order valence-corrected chi connectivity index (χ2v) is 18.5. The summed E-state index contributed by atoms with van der Waals surface area (Å²) in [5, 5.41) is 11.1. The highest BCUT2D eigenvalue weighted by Gasteiger charge is 2.24. The molecule has 0 aliphatic rings. The zero-order chi connectivity index (χ0) is 54.3. The Kier molecular flexibility index (Phi) is 14.8. The van der Waals surface area contributed by atoms with Gasteiger partial charge in [-0.3, -0.25) is 38.4 Å². The maximum absolute atomic E-state index is 14.7. The van der Waals surface area contributed by atoms with Gasteiger partial charge in [-0.05, 0) is 65.7 Å². The van der Waals surface area contributed by atoms with E-state index in [9.17, 15) is 43.5 Å². The summed E-state index contributed by atoms with van der Waals surface area (Å²) in [6, 6.07) is 67.6. The van der Waals surface area contributed by atoms with Crippen molar-refractivity contribution in [2.24, 2.45) is 0 Å². The van der Waals surface area contributed by atoms with Crippen molar-refractivity contribution in [3.05, 3.63) is 355 Å². The molecule has 0 aromatic heterocycles. The van der Waals surface area contributed by atoms with Crippen LogP contribution in [0.2, 0.25) is 0 Å². The van der Waals surface area contributed by atoms with Gasteiger partial charge in [-0.15, -0.1) is 0 Å². The van der Waals surface area contributed by atoms with Gasteiger partial charge in [-0.1, -0.05) is 200 Å². The largest absolute Gasteiger partial charge is 0.384 e. The number of hydrogen-bond acceptors (Lipinski definition) is 9. The van der Waals surface area contributed by atoms with Crippen molar-refractivity contribution in [1.82, 2.24) is 0 Å². The molecule has 0 heterocycles. The molecule has 374 valence electrons. The van der Waals surface area contributed by atoms with Crippen molar-refractivity contribution < 1.29 is 43.5 Å². The van der Waals surface area contributed by atoms with Crippen LogP contribution in [0.3, 0.4) is 0 Å². The third kappa shape index (κ3) is 11.0. The molecule has 78 heavy (non-hydrogen) atoms. The molecule has 0 saturated heterocycles. The molecule has 10 aromatic carbocycles. The average Bonchev–Trinajstić information content (AvgIpc) is 3.53. The predicted octanol–water partition coefficient (Wildman–Crippen LogP) is 12.6. The Morgan fingerprint density at radius 3 is 0.654 bits per heavy atom. The summed E-state index contributed by atoms with van der Waals surface area (Å²) in [7, 11) is 0. The SMILES string of the molecule is O=C(c1ccccc1)c1cccc(C(=O)c2cccc(C(=O)c3cc(C(=O)c4cccc(C(=O)c5cccc(C(=O)c6ccccc6)c5)c4)cc(C(=O)c4cccc(C(=O)c5cccc(C(O)c6ccccc6)c5)c4)c3)c2)c1. The molecule has 0 bridgehead atoms. The van der Waals surface area contributed by atoms with Gasteiger partial charge in [0.05, 0.1) is 0 Å². The van der Waals surface area contributed by atoms with E-state index < -0.39 is 40.8 Å². The van der Waals surface area contributed by atoms with Crippen LogP contribution in [0, 0.1) is 0 Å². The number of aliphatic hydroxyl groups is 1. The van der Waals surface area contributed by atoms with E-state index in [1.807, 2.05) is 6.07 Å². The molecule has 0 amide bonds. The molecule has 0 spiro atoms. The molecular formula is C69H44O9. The second-order valence-electron chi connectivity index (χ2n) is 18.5. The van der Waals surface area contributed by atoms with E-state index in [0.717, 1.165) is 0 Å². The summed E-state index contributed by atoms with van der Waals surface area (Å²) >= 11 is 0. The first-order valence-electron chi connectivity index (χ1n) is 24.9. The highest BCUT2D eigenvalue weighted by Crippen LogP contribution is 2.27. The van der Waals surface area contributed by atoms with Gasteiger partial charge in [0.2, 0.25) is 0 Å². The van der Waals surface area contributed by atoms with Crippen LogP contribution in [0.1, 0.15) is 145 Å². The third-order valence-corrected chi connectivity index (χ3v) is 13.3. The zero-order valence-corrected chi connectivity index (χ0v) is 41.5. The molecule has 0 fully saturated rings. The molecule has 0 aliphatic carbocycles. The van der Waals surface area contributed by atoms with Crippen molar-refractivity contribution in [2.45, 2.75) is 6.10 Å². The smallest absolute Gasteiger partial charge is 0.193 e. The minimum absolute atomic E-state index is 0.0631. The normalized spacial score (nSPS) is 11.2. The van der Waals surface area contributed by atoms with E-state index >= 15 is 0 Å². The van der Waals surface area contributed by atoms with Crippen LogP contribution in [0.15, 0.2) is 255 Å². The topological polar surface area (TPSA) is 157 Å². The van der Waals surface area contributed by atoms with E-state index in [4.69, 9.17) is 0 Å². The molecular weight excluding hydrogens is 973 g/mol. The highest BCUT2D eigenvalue weighted by atomic mass is 16.3. The number of ketones is 8. The minimum Gasteiger partial charge on any atom is -0.384 e. The lowest BCUT2D eigenvalue weighted by molar-refractivity contribution is 0.102. The third-order valence-electron chi connectivity index (χ3n) is 13.3. The number of aliphatic hydroxyl groups excluding tert-OH is 1. The van der Waals surface area contributed by atoms with E-state index in [-0.39, 0.29) is 78.3 Å². The fraction of sp³-hybridized carbons (Fsp3) is 0.0145. The molecule has 1 atom stereocenters. The number of carbonyl (C=O) groups is 8. The molecule has 1 N–H and O–H groups in total. The Hall–Kier alpha value is -10.5. The quantitative estimate of drug-likeness (QED) is 0.0826. The van der Waals surface area contributed by atoms with Crippen molar-refractivity contribution >= 4 is 46.3 Å². The molecule has 10 rings (SSSR count). The van der Waals surface area contributed by atoms with Crippen LogP contribution < -0.4 is 0 Å². The van der Waals surface area contributed by atoms with E-state index in [0.29, 0.717) is 33.4 Å². The monoisotopic (exact) mass is 1020 g/mol. The van der Waals surface area contributed by atoms with Crippen LogP contribution in [0.25, 0.3) is 0 Å². The lowest BCUT2D eigenvalue weighted by atomic mass is 9.90. The van der Waals surface area contributed by atoms with Crippen LogP contribution in [0.4, 0.5) is 0 Å². The van der Waals surface area contributed by atoms with Gasteiger partial charge < -0.3 is 5.11 Å². The number of carbonyl (C=O) groups excluding carboxylic acids is 8. The van der Waals surface area contributed by atoms with Crippen LogP contribution in [-0.2, 0) is 0 Å². The van der Waals surface area contributed by atoms with Crippen molar-refractivity contribution in [3.63, 3.8) is 0 Å². The van der Waals surface area contributed by atoms with E-state index in [1.165, 1.54) is 78.9 Å². The minimum atomic E-state index is -0.993. The Bertz CT molecular complexity index is 3850. The maximum atomic E-state index is 14.7. The fourth-order valence-electron chi connectivity index (χ4n) is 9.22. The van der Waals surface area contributed by atoms with Gasteiger partial charge in [-0.25, -0.2) is 0 Å². The van der Waals surface area contributed by atoms with Crippen molar-refractivity contribution in [3.8, 4) is 0 Å². The Balaban J connectivity index is 0.984. The number of rotatable bonds is 18. The summed E-state index contributed by atoms with van der Waals surface area (Å²) in [5.41, 5.74) is 3.82. The van der Waals surface area contributed by atoms with Gasteiger partial charge in [-0.2, -0.15) is 0 Å². The Morgan fingerprint density at radius 1 is 0.192 bits per heavy atom. The molecule has 1 unspecified atom stereocenters. The molecule has 0 saturated carbocycles. The van der Waals surface area contributed by atoms with Gasteiger partial charge >= 0.3 is 0 Å². The van der Waals surface area contributed by atoms with Gasteiger partial charge in [0.15, 0.2) is 46.3 Å². The molecule has 9 heteroatoms. The summed E-state index contributed by atoms with van der Waals surface area (Å²) < 4.78 is 0. The molecule has 0 aliphatic heterocycles. The van der Waals surface area contributed by atoms with E-state index in [2.05, 4.69) is 0 Å². The first kappa shape index (κ1) is 51.0. The Labute approximate surface area is 448 Å². The van der Waals surface area contributed by atoms with Crippen molar-refractivity contribution in [1.29, 1.82) is 0 Å². The first-order chi connectivity index (χ1) is 37.9. The first-order valence-corrected chi connectivity index (χ1v) is 24.9. The van der Waals surface area contributed by atoms with Crippen LogP contribution in [0.5, 0.6) is 0 Å². The second kappa shape index (κ2) is 22.6. The lowest BCUT2D eigenvalue weighted by Crippen LogP contribution is -2.12. The fourth-order valence-corrected chi connectivity index (χ4v) is 9.22. The molecule has 0 radical (unpaired) electrons. The summed E-state index contributed by atoms with van der Waals surface area (Å²) in [5.74, 6) is -3.73. The van der Waals surface area contributed by atoms with Gasteiger partial charge in [0.25, 0.3) is 0 Å². The lowest BCUT2D eigenvalue weighted by Gasteiger charge is -2.13. The maximum Gasteiger partial charge on any atom is 0.193 e. The Morgan fingerprint density at radius 2 is 0.372 bits per heavy atom. The summed E-state index contributed by atoms with van der Waals surface area (Å²) in [6.07, 6.45) is -0.993. The highest BCUT2D eigenvalue weighted by molar-refractivity contribution is 6.20. The zero-order valence-electron chi connectivity index (χ0n) is 41.5.